The number of ether oxygens (including phenoxy) is 4. The van der Waals surface area contributed by atoms with Crippen molar-refractivity contribution in [2.75, 3.05) is 34.6 Å². The molecule has 0 aromatic heterocycles. The summed E-state index contributed by atoms with van der Waals surface area (Å²) in [4.78, 5) is 72.7. The van der Waals surface area contributed by atoms with Gasteiger partial charge in [-0.2, -0.15) is 5.26 Å². The van der Waals surface area contributed by atoms with Gasteiger partial charge in [0.05, 0.1) is 32.4 Å². The van der Waals surface area contributed by atoms with Crippen LogP contribution in [0.4, 0.5) is 0 Å². The van der Waals surface area contributed by atoms with Crippen LogP contribution in [0.25, 0.3) is 0 Å². The number of fused-ring (bicyclic) bond motifs is 6. The topological polar surface area (TPSA) is 165 Å². The number of Topliss-reactive ketones (excluding diaryl/α,β-unsaturated/α-hetero) is 4. The summed E-state index contributed by atoms with van der Waals surface area (Å²) in [6, 6.07) is 3.44. The molecule has 4 aliphatic heterocycles. The molecule has 13 nitrogen and oxygen atoms in total. The molecule has 13 heteroatoms. The summed E-state index contributed by atoms with van der Waals surface area (Å²) in [7, 11) is 4.46. The van der Waals surface area contributed by atoms with E-state index in [1.54, 1.807) is 32.2 Å². The Morgan fingerprint density at radius 3 is 2.15 bits per heavy atom. The van der Waals surface area contributed by atoms with Crippen LogP contribution in [0.5, 0.6) is 11.5 Å². The smallest absolute Gasteiger partial charge is 0.251 e. The number of carbonyl (C=O) groups excluding carboxylic acids is 5. The van der Waals surface area contributed by atoms with E-state index in [1.807, 2.05) is 9.80 Å². The minimum atomic E-state index is -0.935. The highest BCUT2D eigenvalue weighted by Crippen LogP contribution is 2.49. The van der Waals surface area contributed by atoms with Gasteiger partial charge in [-0.3, -0.25) is 33.8 Å². The number of hydrogen-bond donors (Lipinski definition) is 1. The number of allylic oxidation sites excluding steroid dienone is 4. The number of nitrogens with zero attached hydrogens (tertiary/aromatic N) is 3. The number of carbonyl (C=O) groups is 5. The van der Waals surface area contributed by atoms with E-state index in [1.165, 1.54) is 21.1 Å². The zero-order valence-electron chi connectivity index (χ0n) is 26.5. The van der Waals surface area contributed by atoms with Crippen molar-refractivity contribution in [2.45, 2.75) is 56.9 Å². The van der Waals surface area contributed by atoms with Gasteiger partial charge >= 0.3 is 0 Å². The lowest BCUT2D eigenvalue weighted by Crippen LogP contribution is -2.74. The van der Waals surface area contributed by atoms with E-state index in [2.05, 4.69) is 11.4 Å². The van der Waals surface area contributed by atoms with Gasteiger partial charge in [0.25, 0.3) is 5.91 Å². The average Bonchev–Trinajstić information content (AvgIpc) is 3.54. The van der Waals surface area contributed by atoms with Gasteiger partial charge in [-0.05, 0) is 51.9 Å². The van der Waals surface area contributed by atoms with Crippen molar-refractivity contribution in [3.8, 4) is 17.6 Å². The first-order valence-corrected chi connectivity index (χ1v) is 15.2. The second-order valence-electron chi connectivity index (χ2n) is 12.4. The second-order valence-corrected chi connectivity index (χ2v) is 12.4. The summed E-state index contributed by atoms with van der Waals surface area (Å²) < 4.78 is 21.6. The van der Waals surface area contributed by atoms with Crippen molar-refractivity contribution in [3.05, 3.63) is 68.7 Å². The van der Waals surface area contributed by atoms with E-state index < -0.39 is 47.7 Å². The highest BCUT2D eigenvalue weighted by atomic mass is 16.7. The molecule has 4 heterocycles. The van der Waals surface area contributed by atoms with E-state index >= 15 is 0 Å². The average molecular weight is 641 g/mol. The number of piperazine rings is 1. The van der Waals surface area contributed by atoms with Gasteiger partial charge in [0.2, 0.25) is 18.4 Å². The predicted octanol–water partition coefficient (Wildman–Crippen LogP) is 1.30. The van der Waals surface area contributed by atoms with Crippen LogP contribution in [0.3, 0.4) is 0 Å². The van der Waals surface area contributed by atoms with Crippen molar-refractivity contribution in [1.82, 2.24) is 15.1 Å². The second kappa shape index (κ2) is 11.0. The first-order valence-electron chi connectivity index (χ1n) is 15.2. The Bertz CT molecular complexity index is 1880. The fourth-order valence-electron chi connectivity index (χ4n) is 8.14. The van der Waals surface area contributed by atoms with E-state index in [4.69, 9.17) is 18.9 Å². The molecule has 47 heavy (non-hydrogen) atoms. The Hall–Kier alpha value is -5.06. The van der Waals surface area contributed by atoms with Crippen LogP contribution >= 0.6 is 0 Å². The molecule has 6 aliphatic rings. The lowest BCUT2D eigenvalue weighted by molar-refractivity contribution is -0.125. The van der Waals surface area contributed by atoms with Crippen molar-refractivity contribution < 1.29 is 42.9 Å². The van der Waals surface area contributed by atoms with Crippen molar-refractivity contribution in [2.24, 2.45) is 0 Å². The normalized spacial score (nSPS) is 28.6. The van der Waals surface area contributed by atoms with E-state index in [0.29, 0.717) is 17.1 Å². The third-order valence-electron chi connectivity index (χ3n) is 10.3. The molecule has 1 amide bonds. The van der Waals surface area contributed by atoms with E-state index in [0.717, 1.165) is 0 Å². The van der Waals surface area contributed by atoms with Gasteiger partial charge in [0.15, 0.2) is 34.6 Å². The Balaban J connectivity index is 1.34. The van der Waals surface area contributed by atoms with Crippen LogP contribution in [0, 0.1) is 11.3 Å². The summed E-state index contributed by atoms with van der Waals surface area (Å²) in [5.41, 5.74) is 1.66. The molecule has 1 aromatic carbocycles. The summed E-state index contributed by atoms with van der Waals surface area (Å²) in [5, 5.41) is 13.6. The minimum absolute atomic E-state index is 0.0318. The number of hydrogen-bond acceptors (Lipinski definition) is 12. The molecule has 0 spiro atoms. The number of rotatable bonds is 5. The SMILES string of the molecule is COC1=C(C)C(=O)C2=C(C1=O)[C@@H]1[C@@H]3CC4=C(C(=O)C(OC)=C(C)C4=O)[C@H](CNC(=O)c4ccc5c(c4)OCO5)N3[C@@H](C#N)[C@H](C2)N1C. The molecular weight excluding hydrogens is 608 g/mol. The summed E-state index contributed by atoms with van der Waals surface area (Å²) >= 11 is 0. The Labute approximate surface area is 270 Å². The number of methoxy groups -OCH3 is 2. The van der Waals surface area contributed by atoms with E-state index in [9.17, 15) is 29.2 Å². The first kappa shape index (κ1) is 30.6. The number of nitrogens with one attached hydrogen (secondary N) is 1. The molecule has 7 rings (SSSR count). The largest absolute Gasteiger partial charge is 0.492 e. The molecule has 1 aromatic rings. The summed E-state index contributed by atoms with van der Waals surface area (Å²) in [5.74, 6) is -1.26. The zero-order chi connectivity index (χ0) is 33.5. The number of amides is 1. The molecule has 0 radical (unpaired) electrons. The molecule has 1 saturated heterocycles. The number of benzene rings is 1. The van der Waals surface area contributed by atoms with Gasteiger partial charge in [-0.1, -0.05) is 0 Å². The molecule has 1 N–H and O–H groups in total. The standard InChI is InChI=1S/C34H32N4O9/c1-14-28(39)17-10-20-27-26-18(29(40)15(2)33(45-5)31(26)42)9-19(37(27)3)21(11-35)38(20)22(25(17)30(41)32(14)44-4)12-36-34(43)16-6-7-23-24(8-16)47-13-46-23/h6-8,19-22,27H,9-10,12-13H2,1-5H3,(H,36,43)/t19-,20-,21-,22-,27-/m0/s1. The third-order valence-corrected chi connectivity index (χ3v) is 10.3. The summed E-state index contributed by atoms with van der Waals surface area (Å²) in [6.45, 7) is 2.98. The third kappa shape index (κ3) is 4.24. The summed E-state index contributed by atoms with van der Waals surface area (Å²) in [6.07, 6.45) is 0.157. The fourth-order valence-corrected chi connectivity index (χ4v) is 8.14. The van der Waals surface area contributed by atoms with Crippen molar-refractivity contribution in [1.29, 1.82) is 5.26 Å². The fraction of sp³-hybridized carbons (Fsp3) is 0.412. The predicted molar refractivity (Wildman–Crippen MR) is 162 cm³/mol. The number of nitriles is 1. The zero-order valence-corrected chi connectivity index (χ0v) is 26.5. The van der Waals surface area contributed by atoms with Crippen LogP contribution in [-0.2, 0) is 28.7 Å². The van der Waals surface area contributed by atoms with Crippen LogP contribution in [0.15, 0.2) is 63.2 Å². The number of likely N-dealkylation sites (N-methyl/N-ethyl adjacent to an activating group) is 1. The molecule has 2 bridgehead atoms. The maximum Gasteiger partial charge on any atom is 0.251 e. The first-order chi connectivity index (χ1) is 22.5. The Morgan fingerprint density at radius 1 is 0.915 bits per heavy atom. The van der Waals surface area contributed by atoms with Gasteiger partial charge in [-0.25, -0.2) is 0 Å². The Morgan fingerprint density at radius 2 is 1.51 bits per heavy atom. The van der Waals surface area contributed by atoms with E-state index in [-0.39, 0.29) is 82.7 Å². The highest BCUT2D eigenvalue weighted by molar-refractivity contribution is 6.26. The quantitative estimate of drug-likeness (QED) is 0.460. The Kier molecular flexibility index (Phi) is 7.18. The molecule has 242 valence electrons. The molecular formula is C34H32N4O9. The molecule has 0 unspecified atom stereocenters. The van der Waals surface area contributed by atoms with Gasteiger partial charge < -0.3 is 24.3 Å². The molecule has 5 atom stereocenters. The van der Waals surface area contributed by atoms with Crippen LogP contribution in [-0.4, -0.2) is 104 Å². The lowest BCUT2D eigenvalue weighted by atomic mass is 9.67. The van der Waals surface area contributed by atoms with Crippen LogP contribution in [0.2, 0.25) is 0 Å². The van der Waals surface area contributed by atoms with Crippen molar-refractivity contribution in [3.63, 3.8) is 0 Å². The molecule has 2 aliphatic carbocycles. The van der Waals surface area contributed by atoms with Gasteiger partial charge in [-0.15, -0.1) is 0 Å². The minimum Gasteiger partial charge on any atom is -0.492 e. The monoisotopic (exact) mass is 640 g/mol. The number of ketones is 4. The van der Waals surface area contributed by atoms with Crippen LogP contribution in [0.1, 0.15) is 37.0 Å². The molecule has 1 fully saturated rings. The van der Waals surface area contributed by atoms with Crippen LogP contribution < -0.4 is 14.8 Å². The highest BCUT2D eigenvalue weighted by Gasteiger charge is 2.59. The maximum absolute atomic E-state index is 14.0. The molecule has 0 saturated carbocycles. The lowest BCUT2D eigenvalue weighted by Gasteiger charge is -2.60. The maximum atomic E-state index is 14.0. The van der Waals surface area contributed by atoms with Gasteiger partial charge in [0, 0.05) is 57.6 Å². The van der Waals surface area contributed by atoms with Gasteiger partial charge in [0.1, 0.15) is 6.04 Å². The van der Waals surface area contributed by atoms with Crippen molar-refractivity contribution >= 4 is 29.0 Å².